The average Bonchev–Trinajstić information content (AvgIpc) is 2.59. The normalized spacial score (nSPS) is 11.7. The molecule has 0 bridgehead atoms. The first kappa shape index (κ1) is 26.0. The summed E-state index contributed by atoms with van der Waals surface area (Å²) in [4.78, 5) is 0. The van der Waals surface area contributed by atoms with E-state index in [2.05, 4.69) is 41.2 Å². The predicted octanol–water partition coefficient (Wildman–Crippen LogP) is 9.73. The van der Waals surface area contributed by atoms with Gasteiger partial charge >= 0.3 is 0 Å². The van der Waals surface area contributed by atoms with E-state index in [1.807, 2.05) is 0 Å². The van der Waals surface area contributed by atoms with Gasteiger partial charge in [0.05, 0.1) is 0 Å². The molecule has 0 amide bonds. The van der Waals surface area contributed by atoms with Crippen molar-refractivity contribution >= 4 is 0 Å². The van der Waals surface area contributed by atoms with Crippen molar-refractivity contribution in [1.82, 2.24) is 0 Å². The van der Waals surface area contributed by atoms with Crippen LogP contribution in [0.15, 0.2) is 12.2 Å². The van der Waals surface area contributed by atoms with Crippen molar-refractivity contribution in [3.8, 4) is 0 Å². The van der Waals surface area contributed by atoms with Crippen LogP contribution in [0.1, 0.15) is 139 Å². The zero-order valence-corrected chi connectivity index (χ0v) is 18.1. The van der Waals surface area contributed by atoms with E-state index in [0.29, 0.717) is 0 Å². The zero-order chi connectivity index (χ0) is 18.5. The Labute approximate surface area is 157 Å². The first-order valence-corrected chi connectivity index (χ1v) is 11.3. The van der Waals surface area contributed by atoms with Crippen molar-refractivity contribution in [2.45, 2.75) is 137 Å². The summed E-state index contributed by atoms with van der Waals surface area (Å²) < 4.78 is 0. The highest BCUT2D eigenvalue weighted by Crippen LogP contribution is 2.16. The van der Waals surface area contributed by atoms with Gasteiger partial charge in [0, 0.05) is 1.43 Å². The average molecular weight is 341 g/mol. The third kappa shape index (κ3) is 24.0. The van der Waals surface area contributed by atoms with Crippen molar-refractivity contribution in [2.24, 2.45) is 5.92 Å². The van der Waals surface area contributed by atoms with Crippen LogP contribution in [-0.2, 0) is 0 Å². The molecule has 0 aliphatic carbocycles. The van der Waals surface area contributed by atoms with Crippen LogP contribution >= 0.6 is 0 Å². The van der Waals surface area contributed by atoms with Crippen LogP contribution in [0, 0.1) is 5.92 Å². The van der Waals surface area contributed by atoms with Gasteiger partial charge in [-0.25, -0.2) is 0 Å². The van der Waals surface area contributed by atoms with E-state index in [4.69, 9.17) is 0 Å². The molecule has 0 aliphatic heterocycles. The fourth-order valence-corrected chi connectivity index (χ4v) is 2.97. The summed E-state index contributed by atoms with van der Waals surface area (Å²) >= 11 is 0. The fraction of sp³-hybridized carbons (Fsp3) is 0.917. The molecule has 0 nitrogen and oxygen atoms in total. The van der Waals surface area contributed by atoms with E-state index >= 15 is 0 Å². The Bertz CT molecular complexity index is 234. The van der Waals surface area contributed by atoms with Crippen LogP contribution in [0.3, 0.4) is 0 Å². The van der Waals surface area contributed by atoms with Crippen molar-refractivity contribution < 1.29 is 1.43 Å². The van der Waals surface area contributed by atoms with Crippen LogP contribution in [0.2, 0.25) is 0 Å². The van der Waals surface area contributed by atoms with Gasteiger partial charge in [0.1, 0.15) is 0 Å². The summed E-state index contributed by atoms with van der Waals surface area (Å²) in [5.74, 6) is 0.974. The summed E-state index contributed by atoms with van der Waals surface area (Å²) in [6.07, 6.45) is 22.0. The molecule has 0 radical (unpaired) electrons. The van der Waals surface area contributed by atoms with Crippen LogP contribution < -0.4 is 0 Å². The maximum Gasteiger partial charge on any atom is 0 e. The minimum Gasteiger partial charge on any atom is -0.0999 e. The lowest BCUT2D eigenvalue weighted by atomic mass is 9.97. The fourth-order valence-electron chi connectivity index (χ4n) is 2.97. The molecule has 0 aliphatic rings. The molecule has 148 valence electrons. The Hall–Kier alpha value is -0.260. The molecule has 0 aromatic carbocycles. The molecular weight excluding hydrogens is 288 g/mol. The summed E-state index contributed by atoms with van der Waals surface area (Å²) in [6.45, 7) is 15.6. The number of allylic oxidation sites excluding steroid dienone is 1. The summed E-state index contributed by atoms with van der Waals surface area (Å²) in [5, 5.41) is 0. The van der Waals surface area contributed by atoms with Gasteiger partial charge in [-0.2, -0.15) is 0 Å². The van der Waals surface area contributed by atoms with Gasteiger partial charge in [0.15, 0.2) is 0 Å². The number of hydrogen-bond donors (Lipinski definition) is 0. The van der Waals surface area contributed by atoms with Crippen LogP contribution in [0.4, 0.5) is 0 Å². The Morgan fingerprint density at radius 3 is 1.62 bits per heavy atom. The molecule has 0 spiro atoms. The predicted molar refractivity (Wildman–Crippen MR) is 117 cm³/mol. The SMILES string of the molecule is C=C(CCCC)CCCCCC.CCCCCCC(C)CCCC.[HH]. The summed E-state index contributed by atoms with van der Waals surface area (Å²) in [7, 11) is 0. The van der Waals surface area contributed by atoms with Crippen molar-refractivity contribution in [3.63, 3.8) is 0 Å². The molecule has 0 fully saturated rings. The molecule has 0 aromatic rings. The quantitative estimate of drug-likeness (QED) is 0.194. The van der Waals surface area contributed by atoms with E-state index in [1.54, 1.807) is 0 Å². The van der Waals surface area contributed by atoms with Crippen molar-refractivity contribution in [3.05, 3.63) is 12.2 Å². The summed E-state index contributed by atoms with van der Waals surface area (Å²) in [6, 6.07) is 0. The van der Waals surface area contributed by atoms with Gasteiger partial charge < -0.3 is 0 Å². The minimum atomic E-state index is 0. The monoisotopic (exact) mass is 340 g/mol. The van der Waals surface area contributed by atoms with E-state index < -0.39 is 0 Å². The van der Waals surface area contributed by atoms with Crippen LogP contribution in [0.5, 0.6) is 0 Å². The molecule has 0 aromatic heterocycles. The molecule has 1 atom stereocenters. The van der Waals surface area contributed by atoms with Gasteiger partial charge in [-0.15, -0.1) is 0 Å². The first-order chi connectivity index (χ1) is 11.6. The van der Waals surface area contributed by atoms with Crippen molar-refractivity contribution in [1.29, 1.82) is 0 Å². The number of rotatable bonds is 16. The smallest absolute Gasteiger partial charge is 0 e. The van der Waals surface area contributed by atoms with E-state index in [-0.39, 0.29) is 1.43 Å². The second-order valence-electron chi connectivity index (χ2n) is 7.76. The van der Waals surface area contributed by atoms with Gasteiger partial charge in [-0.1, -0.05) is 124 Å². The maximum atomic E-state index is 4.09. The molecule has 0 heteroatoms. The Kier molecular flexibility index (Phi) is 24.6. The molecule has 24 heavy (non-hydrogen) atoms. The molecule has 0 saturated carbocycles. The molecule has 1 unspecified atom stereocenters. The second kappa shape index (κ2) is 22.7. The van der Waals surface area contributed by atoms with Crippen LogP contribution in [-0.4, -0.2) is 0 Å². The van der Waals surface area contributed by atoms with Gasteiger partial charge in [0.25, 0.3) is 0 Å². The largest absolute Gasteiger partial charge is 0.0999 e. The van der Waals surface area contributed by atoms with Crippen molar-refractivity contribution in [2.75, 3.05) is 0 Å². The first-order valence-electron chi connectivity index (χ1n) is 11.3. The third-order valence-electron chi connectivity index (χ3n) is 4.87. The number of hydrogen-bond acceptors (Lipinski definition) is 0. The highest BCUT2D eigenvalue weighted by molar-refractivity contribution is 4.93. The topological polar surface area (TPSA) is 0 Å². The Morgan fingerprint density at radius 1 is 0.625 bits per heavy atom. The Balaban J connectivity index is -0.000000372. The van der Waals surface area contributed by atoms with E-state index in [0.717, 1.165) is 5.92 Å². The second-order valence-corrected chi connectivity index (χ2v) is 7.76. The lowest BCUT2D eigenvalue weighted by Crippen LogP contribution is -1.94. The van der Waals surface area contributed by atoms with E-state index in [1.165, 1.54) is 108 Å². The van der Waals surface area contributed by atoms with Gasteiger partial charge in [-0.05, 0) is 31.6 Å². The van der Waals surface area contributed by atoms with Gasteiger partial charge in [-0.3, -0.25) is 0 Å². The minimum absolute atomic E-state index is 0. The number of unbranched alkanes of at least 4 members (excludes halogenated alkanes) is 8. The maximum absolute atomic E-state index is 4.09. The molecule has 0 N–H and O–H groups in total. The highest BCUT2D eigenvalue weighted by Gasteiger charge is 2.00. The highest BCUT2D eigenvalue weighted by atomic mass is 14.1. The Morgan fingerprint density at radius 2 is 1.08 bits per heavy atom. The summed E-state index contributed by atoms with van der Waals surface area (Å²) in [5.41, 5.74) is 1.47. The molecule has 0 heterocycles. The molecule has 0 saturated heterocycles. The van der Waals surface area contributed by atoms with Gasteiger partial charge in [0.2, 0.25) is 0 Å². The van der Waals surface area contributed by atoms with E-state index in [9.17, 15) is 0 Å². The molecular formula is C24H52. The zero-order valence-electron chi connectivity index (χ0n) is 18.1. The third-order valence-corrected chi connectivity index (χ3v) is 4.87. The molecule has 0 rings (SSSR count). The lowest BCUT2D eigenvalue weighted by molar-refractivity contribution is 0.445. The lowest BCUT2D eigenvalue weighted by Gasteiger charge is -2.09. The standard InChI is InChI=1S/C12H26.C12H24.H2/c2*1-4-6-8-9-11-12(3)10-7-5-2;/h12H,4-11H2,1-3H3;3-11H2,1-2H3;1H. The van der Waals surface area contributed by atoms with Crippen LogP contribution in [0.25, 0.3) is 0 Å².